The lowest BCUT2D eigenvalue weighted by Gasteiger charge is -2.20. The third kappa shape index (κ3) is 12.2. The van der Waals surface area contributed by atoms with Crippen molar-refractivity contribution in [2.75, 3.05) is 20.1 Å². The quantitative estimate of drug-likeness (QED) is 0.528. The fourth-order valence-electron chi connectivity index (χ4n) is 2.00. The molecule has 0 spiro atoms. The van der Waals surface area contributed by atoms with E-state index in [9.17, 15) is 0 Å². The molecule has 0 radical (unpaired) electrons. The van der Waals surface area contributed by atoms with Crippen molar-refractivity contribution < 1.29 is 0 Å². The molecule has 0 fully saturated rings. The molecule has 2 N–H and O–H groups in total. The average molecular weight is 242 g/mol. The minimum Gasteiger partial charge on any atom is -0.330 e. The van der Waals surface area contributed by atoms with Gasteiger partial charge in [-0.2, -0.15) is 0 Å². The zero-order valence-electron chi connectivity index (χ0n) is 12.4. The molecular weight excluding hydrogens is 208 g/mol. The highest BCUT2D eigenvalue weighted by atomic mass is 15.1. The molecule has 0 bridgehead atoms. The Kier molecular flexibility index (Phi) is 12.3. The smallest absolute Gasteiger partial charge is 0.00355 e. The van der Waals surface area contributed by atoms with Crippen molar-refractivity contribution in [1.82, 2.24) is 4.90 Å². The zero-order chi connectivity index (χ0) is 12.9. The standard InChI is InChI=1S/C15H34N2/c1-15(2)17(3)14-12-10-8-6-4-5-7-9-11-13-16/h15H,4-14,16H2,1-3H3. The van der Waals surface area contributed by atoms with Gasteiger partial charge < -0.3 is 10.6 Å². The predicted octanol–water partition coefficient (Wildman–Crippen LogP) is 3.80. The number of nitrogens with two attached hydrogens (primary N) is 1. The Morgan fingerprint density at radius 1 is 0.765 bits per heavy atom. The summed E-state index contributed by atoms with van der Waals surface area (Å²) in [6, 6.07) is 0.692. The van der Waals surface area contributed by atoms with Crippen LogP contribution in [0.15, 0.2) is 0 Å². The number of rotatable bonds is 12. The second-order valence-corrected chi connectivity index (χ2v) is 5.55. The monoisotopic (exact) mass is 242 g/mol. The summed E-state index contributed by atoms with van der Waals surface area (Å²) in [5.74, 6) is 0. The lowest BCUT2D eigenvalue weighted by Crippen LogP contribution is -2.27. The molecule has 0 rings (SSSR count). The summed E-state index contributed by atoms with van der Waals surface area (Å²) >= 11 is 0. The highest BCUT2D eigenvalue weighted by Gasteiger charge is 2.01. The summed E-state index contributed by atoms with van der Waals surface area (Å²) in [4.78, 5) is 2.44. The maximum absolute atomic E-state index is 5.47. The van der Waals surface area contributed by atoms with E-state index >= 15 is 0 Å². The Bertz CT molecular complexity index is 146. The van der Waals surface area contributed by atoms with Gasteiger partial charge in [0.2, 0.25) is 0 Å². The van der Waals surface area contributed by atoms with Crippen molar-refractivity contribution in [3.63, 3.8) is 0 Å². The number of hydrogen-bond acceptors (Lipinski definition) is 2. The first-order valence-electron chi connectivity index (χ1n) is 7.58. The van der Waals surface area contributed by atoms with Gasteiger partial charge in [-0.25, -0.2) is 0 Å². The van der Waals surface area contributed by atoms with Crippen LogP contribution in [-0.2, 0) is 0 Å². The fourth-order valence-corrected chi connectivity index (χ4v) is 2.00. The minimum absolute atomic E-state index is 0.692. The second-order valence-electron chi connectivity index (χ2n) is 5.55. The van der Waals surface area contributed by atoms with Gasteiger partial charge in [0.1, 0.15) is 0 Å². The molecule has 0 aliphatic rings. The fraction of sp³-hybridized carbons (Fsp3) is 1.00. The van der Waals surface area contributed by atoms with E-state index < -0.39 is 0 Å². The van der Waals surface area contributed by atoms with Crippen molar-refractivity contribution >= 4 is 0 Å². The molecule has 0 saturated carbocycles. The molecule has 17 heavy (non-hydrogen) atoms. The summed E-state index contributed by atoms with van der Waals surface area (Å²) in [6.45, 7) is 6.65. The first-order valence-corrected chi connectivity index (χ1v) is 7.58. The van der Waals surface area contributed by atoms with Gasteiger partial charge in [-0.1, -0.05) is 44.9 Å². The SMILES string of the molecule is CC(C)N(C)CCCCCCCCCCCN. The second kappa shape index (κ2) is 12.4. The first kappa shape index (κ1) is 16.9. The van der Waals surface area contributed by atoms with Gasteiger partial charge in [0.15, 0.2) is 0 Å². The topological polar surface area (TPSA) is 29.3 Å². The Morgan fingerprint density at radius 2 is 1.18 bits per heavy atom. The Hall–Kier alpha value is -0.0800. The normalized spacial score (nSPS) is 11.6. The van der Waals surface area contributed by atoms with Crippen molar-refractivity contribution in [2.45, 2.75) is 77.7 Å². The van der Waals surface area contributed by atoms with Gasteiger partial charge in [0.05, 0.1) is 0 Å². The maximum Gasteiger partial charge on any atom is 0.00355 e. The van der Waals surface area contributed by atoms with Crippen LogP contribution in [0, 0.1) is 0 Å². The third-order valence-corrected chi connectivity index (χ3v) is 3.60. The molecule has 2 heteroatoms. The molecule has 104 valence electrons. The largest absolute Gasteiger partial charge is 0.330 e. The third-order valence-electron chi connectivity index (χ3n) is 3.60. The van der Waals surface area contributed by atoms with E-state index in [1.807, 2.05) is 0 Å². The van der Waals surface area contributed by atoms with Gasteiger partial charge in [-0.3, -0.25) is 0 Å². The number of hydrogen-bond donors (Lipinski definition) is 1. The molecule has 2 nitrogen and oxygen atoms in total. The molecule has 0 atom stereocenters. The van der Waals surface area contributed by atoms with Crippen molar-refractivity contribution in [3.8, 4) is 0 Å². The van der Waals surface area contributed by atoms with Crippen LogP contribution in [0.1, 0.15) is 71.6 Å². The van der Waals surface area contributed by atoms with Crippen LogP contribution in [0.4, 0.5) is 0 Å². The Labute approximate surface area is 109 Å². The van der Waals surface area contributed by atoms with Crippen LogP contribution >= 0.6 is 0 Å². The molecule has 0 heterocycles. The van der Waals surface area contributed by atoms with E-state index in [1.165, 1.54) is 64.3 Å². The molecule has 0 aromatic rings. The van der Waals surface area contributed by atoms with Gasteiger partial charge in [0, 0.05) is 6.04 Å². The van der Waals surface area contributed by atoms with Crippen molar-refractivity contribution in [1.29, 1.82) is 0 Å². The summed E-state index contributed by atoms with van der Waals surface area (Å²) in [5, 5.41) is 0. The first-order chi connectivity index (χ1) is 8.18. The van der Waals surface area contributed by atoms with E-state index in [4.69, 9.17) is 5.73 Å². The van der Waals surface area contributed by atoms with Crippen LogP contribution in [0.25, 0.3) is 0 Å². The molecule has 0 aromatic carbocycles. The predicted molar refractivity (Wildman–Crippen MR) is 78.4 cm³/mol. The molecule has 0 aromatic heterocycles. The molecule has 0 aliphatic carbocycles. The van der Waals surface area contributed by atoms with Crippen LogP contribution in [0.3, 0.4) is 0 Å². The molecule has 0 unspecified atom stereocenters. The van der Waals surface area contributed by atoms with E-state index in [2.05, 4.69) is 25.8 Å². The minimum atomic E-state index is 0.692. The van der Waals surface area contributed by atoms with Crippen LogP contribution in [0.5, 0.6) is 0 Å². The molecule has 0 amide bonds. The summed E-state index contributed by atoms with van der Waals surface area (Å²) in [5.41, 5.74) is 5.47. The average Bonchev–Trinajstić information content (AvgIpc) is 2.31. The number of nitrogens with zero attached hydrogens (tertiary/aromatic N) is 1. The highest BCUT2D eigenvalue weighted by molar-refractivity contribution is 4.57. The van der Waals surface area contributed by atoms with Gasteiger partial charge in [-0.05, 0) is 46.8 Å². The van der Waals surface area contributed by atoms with Crippen LogP contribution in [0.2, 0.25) is 0 Å². The maximum atomic E-state index is 5.47. The summed E-state index contributed by atoms with van der Waals surface area (Å²) in [6.07, 6.45) is 12.4. The molecule has 0 saturated heterocycles. The van der Waals surface area contributed by atoms with Crippen molar-refractivity contribution in [2.24, 2.45) is 5.73 Å². The van der Waals surface area contributed by atoms with E-state index in [1.54, 1.807) is 0 Å². The Morgan fingerprint density at radius 3 is 1.59 bits per heavy atom. The number of unbranched alkanes of at least 4 members (excludes halogenated alkanes) is 8. The van der Waals surface area contributed by atoms with Crippen molar-refractivity contribution in [3.05, 3.63) is 0 Å². The van der Waals surface area contributed by atoms with Crippen LogP contribution < -0.4 is 5.73 Å². The van der Waals surface area contributed by atoms with E-state index in [0.29, 0.717) is 6.04 Å². The van der Waals surface area contributed by atoms with Crippen LogP contribution in [-0.4, -0.2) is 31.1 Å². The summed E-state index contributed by atoms with van der Waals surface area (Å²) in [7, 11) is 2.22. The lowest BCUT2D eigenvalue weighted by atomic mass is 10.1. The van der Waals surface area contributed by atoms with Gasteiger partial charge in [-0.15, -0.1) is 0 Å². The molecular formula is C15H34N2. The van der Waals surface area contributed by atoms with E-state index in [-0.39, 0.29) is 0 Å². The van der Waals surface area contributed by atoms with Gasteiger partial charge in [0.25, 0.3) is 0 Å². The summed E-state index contributed by atoms with van der Waals surface area (Å²) < 4.78 is 0. The van der Waals surface area contributed by atoms with E-state index in [0.717, 1.165) is 6.54 Å². The zero-order valence-corrected chi connectivity index (χ0v) is 12.4. The Balaban J connectivity index is 3.03. The molecule has 0 aliphatic heterocycles. The highest BCUT2D eigenvalue weighted by Crippen LogP contribution is 2.10. The van der Waals surface area contributed by atoms with Gasteiger partial charge >= 0.3 is 0 Å². The lowest BCUT2D eigenvalue weighted by molar-refractivity contribution is 0.267.